The van der Waals surface area contributed by atoms with Crippen molar-refractivity contribution in [3.63, 3.8) is 0 Å². The van der Waals surface area contributed by atoms with E-state index in [1.54, 1.807) is 0 Å². The van der Waals surface area contributed by atoms with Crippen LogP contribution in [0.15, 0.2) is 12.7 Å². The van der Waals surface area contributed by atoms with Crippen molar-refractivity contribution < 1.29 is 9.53 Å². The van der Waals surface area contributed by atoms with Crippen LogP contribution in [-0.4, -0.2) is 12.6 Å². The lowest BCUT2D eigenvalue weighted by atomic mass is 9.92. The van der Waals surface area contributed by atoms with Crippen molar-refractivity contribution in [2.45, 2.75) is 44.9 Å². The lowest BCUT2D eigenvalue weighted by Crippen LogP contribution is -2.14. The van der Waals surface area contributed by atoms with E-state index in [4.69, 9.17) is 4.74 Å². The Bertz CT molecular complexity index is 179. The van der Waals surface area contributed by atoms with E-state index in [9.17, 15) is 4.79 Å². The van der Waals surface area contributed by atoms with Gasteiger partial charge in [-0.2, -0.15) is 0 Å². The van der Waals surface area contributed by atoms with Gasteiger partial charge in [-0.1, -0.05) is 38.7 Å². The number of rotatable bonds is 3. The molecule has 0 radical (unpaired) electrons. The molecule has 80 valence electrons. The zero-order valence-electron chi connectivity index (χ0n) is 8.84. The first kappa shape index (κ1) is 11.3. The molecule has 2 nitrogen and oxygen atoms in total. The molecule has 0 atom stereocenters. The Hall–Kier alpha value is -0.790. The van der Waals surface area contributed by atoms with Gasteiger partial charge in [0.15, 0.2) is 0 Å². The fraction of sp³-hybridized carbons (Fsp3) is 0.750. The predicted octanol–water partition coefficient (Wildman–Crippen LogP) is 3.08. The van der Waals surface area contributed by atoms with Crippen molar-refractivity contribution in [2.75, 3.05) is 6.61 Å². The predicted molar refractivity (Wildman–Crippen MR) is 57.0 cm³/mol. The van der Waals surface area contributed by atoms with Gasteiger partial charge in [0.1, 0.15) is 0 Å². The summed E-state index contributed by atoms with van der Waals surface area (Å²) < 4.78 is 5.07. The summed E-state index contributed by atoms with van der Waals surface area (Å²) in [6, 6.07) is 0. The van der Waals surface area contributed by atoms with E-state index in [-0.39, 0.29) is 5.97 Å². The molecule has 1 aliphatic rings. The first-order chi connectivity index (χ1) is 6.83. The summed E-state index contributed by atoms with van der Waals surface area (Å²) in [5.74, 6) is 0.297. The molecule has 1 fully saturated rings. The third kappa shape index (κ3) is 4.45. The van der Waals surface area contributed by atoms with Crippen LogP contribution in [0.4, 0.5) is 0 Å². The maximum Gasteiger partial charge on any atom is 0.330 e. The highest BCUT2D eigenvalue weighted by atomic mass is 16.5. The van der Waals surface area contributed by atoms with Crippen molar-refractivity contribution in [3.8, 4) is 0 Å². The highest BCUT2D eigenvalue weighted by Crippen LogP contribution is 2.22. The number of hydrogen-bond donors (Lipinski definition) is 0. The number of esters is 1. The van der Waals surface area contributed by atoms with Crippen molar-refractivity contribution in [3.05, 3.63) is 12.7 Å². The molecule has 14 heavy (non-hydrogen) atoms. The van der Waals surface area contributed by atoms with Crippen LogP contribution in [0.3, 0.4) is 0 Å². The van der Waals surface area contributed by atoms with Crippen molar-refractivity contribution in [1.82, 2.24) is 0 Å². The van der Waals surface area contributed by atoms with Crippen LogP contribution in [0.2, 0.25) is 0 Å². The molecular weight excluding hydrogens is 176 g/mol. The molecule has 1 saturated carbocycles. The zero-order valence-corrected chi connectivity index (χ0v) is 8.84. The molecule has 0 bridgehead atoms. The third-order valence-corrected chi connectivity index (χ3v) is 2.85. The SMILES string of the molecule is C=CC(=O)OCC1CCCCCCC1. The first-order valence-electron chi connectivity index (χ1n) is 5.62. The molecule has 0 spiro atoms. The molecular formula is C12H20O2. The van der Waals surface area contributed by atoms with Gasteiger partial charge in [-0.25, -0.2) is 4.79 Å². The van der Waals surface area contributed by atoms with Gasteiger partial charge in [0, 0.05) is 6.08 Å². The Kier molecular flexibility index (Phi) is 5.35. The Balaban J connectivity index is 2.19. The second kappa shape index (κ2) is 6.63. The molecule has 0 aliphatic heterocycles. The summed E-state index contributed by atoms with van der Waals surface area (Å²) in [6.07, 6.45) is 10.3. The van der Waals surface area contributed by atoms with Crippen LogP contribution < -0.4 is 0 Å². The Morgan fingerprint density at radius 2 is 1.79 bits per heavy atom. The molecule has 0 aromatic carbocycles. The molecule has 0 aromatic heterocycles. The van der Waals surface area contributed by atoms with Crippen LogP contribution >= 0.6 is 0 Å². The van der Waals surface area contributed by atoms with Crippen molar-refractivity contribution in [1.29, 1.82) is 0 Å². The van der Waals surface area contributed by atoms with Gasteiger partial charge in [0.25, 0.3) is 0 Å². The van der Waals surface area contributed by atoms with Crippen molar-refractivity contribution in [2.24, 2.45) is 5.92 Å². The van der Waals surface area contributed by atoms with Crippen LogP contribution in [0, 0.1) is 5.92 Å². The molecule has 1 rings (SSSR count). The van der Waals surface area contributed by atoms with E-state index >= 15 is 0 Å². The monoisotopic (exact) mass is 196 g/mol. The Labute approximate surface area is 86.3 Å². The summed E-state index contributed by atoms with van der Waals surface area (Å²) >= 11 is 0. The Morgan fingerprint density at radius 3 is 2.36 bits per heavy atom. The summed E-state index contributed by atoms with van der Waals surface area (Å²) in [5, 5.41) is 0. The molecule has 0 amide bonds. The van der Waals surface area contributed by atoms with Crippen LogP contribution in [0.25, 0.3) is 0 Å². The van der Waals surface area contributed by atoms with Gasteiger partial charge in [-0.3, -0.25) is 0 Å². The van der Waals surface area contributed by atoms with E-state index in [1.807, 2.05) is 0 Å². The fourth-order valence-electron chi connectivity index (χ4n) is 1.97. The second-order valence-corrected chi connectivity index (χ2v) is 4.05. The molecule has 2 heteroatoms. The summed E-state index contributed by atoms with van der Waals surface area (Å²) in [5.41, 5.74) is 0. The quantitative estimate of drug-likeness (QED) is 0.512. The highest BCUT2D eigenvalue weighted by molar-refractivity contribution is 5.81. The van der Waals surface area contributed by atoms with E-state index in [1.165, 1.54) is 51.0 Å². The Morgan fingerprint density at radius 1 is 1.21 bits per heavy atom. The molecule has 0 N–H and O–H groups in total. The lowest BCUT2D eigenvalue weighted by Gasteiger charge is -2.18. The summed E-state index contributed by atoms with van der Waals surface area (Å²) in [4.78, 5) is 10.9. The number of ether oxygens (including phenoxy) is 1. The smallest absolute Gasteiger partial charge is 0.330 e. The fourth-order valence-corrected chi connectivity index (χ4v) is 1.97. The van der Waals surface area contributed by atoms with E-state index in [0.29, 0.717) is 12.5 Å². The van der Waals surface area contributed by atoms with Gasteiger partial charge in [0.05, 0.1) is 6.61 Å². The van der Waals surface area contributed by atoms with Gasteiger partial charge in [0.2, 0.25) is 0 Å². The third-order valence-electron chi connectivity index (χ3n) is 2.85. The van der Waals surface area contributed by atoms with Crippen LogP contribution in [0.1, 0.15) is 44.9 Å². The van der Waals surface area contributed by atoms with Gasteiger partial charge in [-0.15, -0.1) is 0 Å². The molecule has 0 unspecified atom stereocenters. The minimum absolute atomic E-state index is 0.285. The normalized spacial score (nSPS) is 19.4. The van der Waals surface area contributed by atoms with Gasteiger partial charge in [-0.05, 0) is 18.8 Å². The molecule has 0 heterocycles. The summed E-state index contributed by atoms with van der Waals surface area (Å²) in [7, 11) is 0. The van der Waals surface area contributed by atoms with Gasteiger partial charge >= 0.3 is 5.97 Å². The summed E-state index contributed by atoms with van der Waals surface area (Å²) in [6.45, 7) is 3.97. The maximum atomic E-state index is 10.9. The average Bonchev–Trinajstić information content (AvgIpc) is 2.15. The average molecular weight is 196 g/mol. The largest absolute Gasteiger partial charge is 0.462 e. The lowest BCUT2D eigenvalue weighted by molar-refractivity contribution is -0.139. The van der Waals surface area contributed by atoms with Crippen LogP contribution in [0.5, 0.6) is 0 Å². The topological polar surface area (TPSA) is 26.3 Å². The van der Waals surface area contributed by atoms with E-state index in [0.717, 1.165) is 0 Å². The molecule has 0 saturated heterocycles. The number of hydrogen-bond acceptors (Lipinski definition) is 2. The van der Waals surface area contributed by atoms with E-state index < -0.39 is 0 Å². The number of carbonyl (C=O) groups excluding carboxylic acids is 1. The second-order valence-electron chi connectivity index (χ2n) is 4.05. The maximum absolute atomic E-state index is 10.9. The standard InChI is InChI=1S/C12H20O2/c1-2-12(13)14-10-11-8-6-4-3-5-7-9-11/h2,11H,1,3-10H2. The molecule has 1 aliphatic carbocycles. The molecule has 0 aromatic rings. The number of carbonyl (C=O) groups is 1. The van der Waals surface area contributed by atoms with Crippen molar-refractivity contribution >= 4 is 5.97 Å². The van der Waals surface area contributed by atoms with E-state index in [2.05, 4.69) is 6.58 Å². The minimum Gasteiger partial charge on any atom is -0.462 e. The zero-order chi connectivity index (χ0) is 10.2. The minimum atomic E-state index is -0.285. The van der Waals surface area contributed by atoms with Crippen LogP contribution in [-0.2, 0) is 9.53 Å². The first-order valence-corrected chi connectivity index (χ1v) is 5.62. The highest BCUT2D eigenvalue weighted by Gasteiger charge is 2.12. The van der Waals surface area contributed by atoms with Gasteiger partial charge < -0.3 is 4.74 Å².